The molecular weight excluding hydrogens is 256 g/mol. The number of likely N-dealkylation sites (N-methyl/N-ethyl adjacent to an activating group) is 1. The number of nitrogens with zero attached hydrogens (tertiary/aromatic N) is 1. The molecule has 0 bridgehead atoms. The van der Waals surface area contributed by atoms with E-state index in [1.165, 1.54) is 11.3 Å². The van der Waals surface area contributed by atoms with Crippen LogP contribution in [0, 0.1) is 0 Å². The van der Waals surface area contributed by atoms with Crippen LogP contribution in [0.3, 0.4) is 0 Å². The zero-order valence-electron chi connectivity index (χ0n) is 9.24. The first-order chi connectivity index (χ1) is 8.20. The third-order valence-electron chi connectivity index (χ3n) is 2.28. The van der Waals surface area contributed by atoms with E-state index in [-0.39, 0.29) is 5.91 Å². The lowest BCUT2D eigenvalue weighted by Crippen LogP contribution is -2.19. The number of rotatable bonds is 3. The summed E-state index contributed by atoms with van der Waals surface area (Å²) in [6, 6.07) is 7.55. The van der Waals surface area contributed by atoms with Crippen LogP contribution in [-0.2, 0) is 11.2 Å². The van der Waals surface area contributed by atoms with Crippen molar-refractivity contribution in [2.24, 2.45) is 0 Å². The van der Waals surface area contributed by atoms with E-state index in [9.17, 15) is 4.79 Å². The zero-order valence-corrected chi connectivity index (χ0v) is 10.8. The fourth-order valence-corrected chi connectivity index (χ4v) is 2.54. The molecule has 0 saturated heterocycles. The molecule has 0 aliphatic rings. The first-order valence-electron chi connectivity index (χ1n) is 5.10. The van der Waals surface area contributed by atoms with Gasteiger partial charge in [-0.2, -0.15) is 0 Å². The number of carbonyl (C=O) groups is 1. The van der Waals surface area contributed by atoms with Gasteiger partial charge in [-0.1, -0.05) is 29.8 Å². The van der Waals surface area contributed by atoms with E-state index in [1.54, 1.807) is 7.05 Å². The Hall–Kier alpha value is -1.39. The molecule has 1 aromatic carbocycles. The largest absolute Gasteiger partial charge is 0.359 e. The van der Waals surface area contributed by atoms with Crippen LogP contribution < -0.4 is 5.32 Å². The van der Waals surface area contributed by atoms with E-state index in [2.05, 4.69) is 10.3 Å². The molecule has 2 rings (SSSR count). The molecule has 0 aliphatic carbocycles. The summed E-state index contributed by atoms with van der Waals surface area (Å²) < 4.78 is 0. The summed E-state index contributed by atoms with van der Waals surface area (Å²) >= 11 is 7.58. The molecule has 88 valence electrons. The van der Waals surface area contributed by atoms with Gasteiger partial charge >= 0.3 is 0 Å². The van der Waals surface area contributed by atoms with Gasteiger partial charge in [0.1, 0.15) is 5.01 Å². The number of hydrogen-bond donors (Lipinski definition) is 1. The average molecular weight is 267 g/mol. The third kappa shape index (κ3) is 2.84. The molecule has 1 amide bonds. The molecule has 1 aromatic heterocycles. The van der Waals surface area contributed by atoms with Crippen molar-refractivity contribution in [2.45, 2.75) is 6.42 Å². The predicted molar refractivity (Wildman–Crippen MR) is 70.3 cm³/mol. The van der Waals surface area contributed by atoms with E-state index in [1.807, 2.05) is 29.6 Å². The van der Waals surface area contributed by atoms with Gasteiger partial charge in [0.25, 0.3) is 0 Å². The number of halogens is 1. The third-order valence-corrected chi connectivity index (χ3v) is 3.53. The second-order valence-electron chi connectivity index (χ2n) is 3.47. The van der Waals surface area contributed by atoms with Gasteiger partial charge in [0.05, 0.1) is 17.1 Å². The molecule has 5 heteroatoms. The molecular formula is C12H11ClN2OS. The van der Waals surface area contributed by atoms with Gasteiger partial charge < -0.3 is 5.32 Å². The second-order valence-corrected chi connectivity index (χ2v) is 4.74. The standard InChI is InChI=1S/C12H11ClN2OS/c1-14-11(16)6-8-7-17-12(15-8)9-4-2-3-5-10(9)13/h2-5,7H,6H2,1H3,(H,14,16). The number of amides is 1. The number of hydrogen-bond acceptors (Lipinski definition) is 3. The Kier molecular flexibility index (Phi) is 3.76. The molecule has 0 radical (unpaired) electrons. The summed E-state index contributed by atoms with van der Waals surface area (Å²) in [5.41, 5.74) is 1.67. The van der Waals surface area contributed by atoms with Crippen LogP contribution in [0.25, 0.3) is 10.6 Å². The maximum absolute atomic E-state index is 11.2. The Morgan fingerprint density at radius 2 is 2.24 bits per heavy atom. The summed E-state index contributed by atoms with van der Waals surface area (Å²) in [4.78, 5) is 15.6. The maximum Gasteiger partial charge on any atom is 0.225 e. The Labute approximate surface area is 108 Å². The summed E-state index contributed by atoms with van der Waals surface area (Å²) in [6.07, 6.45) is 0.303. The highest BCUT2D eigenvalue weighted by molar-refractivity contribution is 7.13. The smallest absolute Gasteiger partial charge is 0.225 e. The highest BCUT2D eigenvalue weighted by Crippen LogP contribution is 2.30. The van der Waals surface area contributed by atoms with Gasteiger partial charge in [-0.15, -0.1) is 11.3 Å². The molecule has 0 aliphatic heterocycles. The molecule has 0 atom stereocenters. The quantitative estimate of drug-likeness (QED) is 0.928. The van der Waals surface area contributed by atoms with Crippen LogP contribution in [0.15, 0.2) is 29.6 Å². The van der Waals surface area contributed by atoms with Crippen LogP contribution in [0.1, 0.15) is 5.69 Å². The maximum atomic E-state index is 11.2. The minimum atomic E-state index is -0.0407. The van der Waals surface area contributed by atoms with Crippen LogP contribution in [0.4, 0.5) is 0 Å². The summed E-state index contributed by atoms with van der Waals surface area (Å²) in [5, 5.41) is 5.97. The molecule has 1 N–H and O–H groups in total. The number of carbonyl (C=O) groups excluding carboxylic acids is 1. The monoisotopic (exact) mass is 266 g/mol. The van der Waals surface area contributed by atoms with Crippen molar-refractivity contribution < 1.29 is 4.79 Å². The highest BCUT2D eigenvalue weighted by atomic mass is 35.5. The van der Waals surface area contributed by atoms with E-state index >= 15 is 0 Å². The zero-order chi connectivity index (χ0) is 12.3. The highest BCUT2D eigenvalue weighted by Gasteiger charge is 2.09. The molecule has 1 heterocycles. The normalized spacial score (nSPS) is 10.2. The number of thiazole rings is 1. The predicted octanol–water partition coefficient (Wildman–Crippen LogP) is 2.75. The van der Waals surface area contributed by atoms with Crippen molar-refractivity contribution in [3.63, 3.8) is 0 Å². The van der Waals surface area contributed by atoms with Crippen molar-refractivity contribution in [3.8, 4) is 10.6 Å². The SMILES string of the molecule is CNC(=O)Cc1csc(-c2ccccc2Cl)n1. The van der Waals surface area contributed by atoms with Crippen LogP contribution in [0.5, 0.6) is 0 Å². The summed E-state index contributed by atoms with van der Waals surface area (Å²) in [6.45, 7) is 0. The Bertz CT molecular complexity index is 539. The fourth-order valence-electron chi connectivity index (χ4n) is 1.40. The number of aromatic nitrogens is 1. The lowest BCUT2D eigenvalue weighted by atomic mass is 10.2. The van der Waals surface area contributed by atoms with Crippen LogP contribution >= 0.6 is 22.9 Å². The van der Waals surface area contributed by atoms with Crippen LogP contribution in [0.2, 0.25) is 5.02 Å². The summed E-state index contributed by atoms with van der Waals surface area (Å²) in [5.74, 6) is -0.0407. The van der Waals surface area contributed by atoms with E-state index < -0.39 is 0 Å². The van der Waals surface area contributed by atoms with Crippen molar-refractivity contribution in [2.75, 3.05) is 7.05 Å². The van der Waals surface area contributed by atoms with Gasteiger partial charge in [-0.3, -0.25) is 4.79 Å². The van der Waals surface area contributed by atoms with E-state index in [0.29, 0.717) is 11.4 Å². The molecule has 17 heavy (non-hydrogen) atoms. The fraction of sp³-hybridized carbons (Fsp3) is 0.167. The first kappa shape index (κ1) is 12.1. The minimum Gasteiger partial charge on any atom is -0.359 e. The number of nitrogens with one attached hydrogen (secondary N) is 1. The van der Waals surface area contributed by atoms with E-state index in [0.717, 1.165) is 16.3 Å². The number of benzene rings is 1. The van der Waals surface area contributed by atoms with Crippen molar-refractivity contribution in [1.82, 2.24) is 10.3 Å². The first-order valence-corrected chi connectivity index (χ1v) is 6.36. The van der Waals surface area contributed by atoms with Gasteiger partial charge in [0, 0.05) is 18.0 Å². The lowest BCUT2D eigenvalue weighted by molar-refractivity contribution is -0.120. The average Bonchev–Trinajstić information content (AvgIpc) is 2.78. The van der Waals surface area contributed by atoms with Crippen molar-refractivity contribution in [1.29, 1.82) is 0 Å². The van der Waals surface area contributed by atoms with Crippen LogP contribution in [-0.4, -0.2) is 17.9 Å². The van der Waals surface area contributed by atoms with Gasteiger partial charge in [0.2, 0.25) is 5.91 Å². The molecule has 3 nitrogen and oxygen atoms in total. The van der Waals surface area contributed by atoms with Crippen molar-refractivity contribution in [3.05, 3.63) is 40.4 Å². The second kappa shape index (κ2) is 5.29. The Morgan fingerprint density at radius 3 is 2.94 bits per heavy atom. The Morgan fingerprint density at radius 1 is 1.47 bits per heavy atom. The summed E-state index contributed by atoms with van der Waals surface area (Å²) in [7, 11) is 1.61. The molecule has 0 saturated carbocycles. The van der Waals surface area contributed by atoms with E-state index in [4.69, 9.17) is 11.6 Å². The lowest BCUT2D eigenvalue weighted by Gasteiger charge is -1.98. The molecule has 0 unspecified atom stereocenters. The molecule has 0 fully saturated rings. The van der Waals surface area contributed by atoms with Gasteiger partial charge in [0.15, 0.2) is 0 Å². The van der Waals surface area contributed by atoms with Crippen molar-refractivity contribution >= 4 is 28.8 Å². The van der Waals surface area contributed by atoms with Gasteiger partial charge in [-0.05, 0) is 6.07 Å². The topological polar surface area (TPSA) is 42.0 Å². The molecule has 0 spiro atoms. The molecule has 2 aromatic rings. The van der Waals surface area contributed by atoms with Gasteiger partial charge in [-0.25, -0.2) is 4.98 Å². The Balaban J connectivity index is 2.24. The minimum absolute atomic E-state index is 0.0407.